The molecule has 0 saturated carbocycles. The molecule has 0 aromatic carbocycles. The monoisotopic (exact) mass is 719 g/mol. The molecule has 0 aliphatic heterocycles. The molecular formula is C43H76NO7+. The molecule has 8 heteroatoms. The molecule has 0 aliphatic carbocycles. The van der Waals surface area contributed by atoms with Crippen LogP contribution in [0.25, 0.3) is 0 Å². The van der Waals surface area contributed by atoms with E-state index in [0.29, 0.717) is 19.3 Å². The first kappa shape index (κ1) is 48.3. The van der Waals surface area contributed by atoms with E-state index in [1.807, 2.05) is 21.1 Å². The molecule has 0 aromatic heterocycles. The van der Waals surface area contributed by atoms with Gasteiger partial charge in [0.2, 0.25) is 0 Å². The topological polar surface area (TPSA) is 99.1 Å². The lowest BCUT2D eigenvalue weighted by Crippen LogP contribution is -2.50. The molecule has 2 unspecified atom stereocenters. The number of hydrogen-bond donors (Lipinski definition) is 1. The number of likely N-dealkylation sites (N-methyl/N-ethyl adjacent to an activating group) is 1. The maximum absolute atomic E-state index is 12.7. The molecule has 294 valence electrons. The first-order valence-corrected chi connectivity index (χ1v) is 20.2. The molecule has 0 radical (unpaired) electrons. The molecule has 51 heavy (non-hydrogen) atoms. The van der Waals surface area contributed by atoms with Crippen LogP contribution in [0.15, 0.2) is 48.6 Å². The smallest absolute Gasteiger partial charge is 0.362 e. The average Bonchev–Trinajstić information content (AvgIpc) is 3.08. The van der Waals surface area contributed by atoms with Gasteiger partial charge >= 0.3 is 17.9 Å². The summed E-state index contributed by atoms with van der Waals surface area (Å²) in [5.41, 5.74) is 0. The normalized spacial score (nSPS) is 13.5. The van der Waals surface area contributed by atoms with Crippen molar-refractivity contribution < 1.29 is 38.2 Å². The van der Waals surface area contributed by atoms with Gasteiger partial charge in [-0.1, -0.05) is 133 Å². The summed E-state index contributed by atoms with van der Waals surface area (Å²) in [6.45, 7) is 4.56. The molecule has 0 rings (SSSR count). The number of rotatable bonds is 35. The highest BCUT2D eigenvalue weighted by Crippen LogP contribution is 2.14. The van der Waals surface area contributed by atoms with Gasteiger partial charge in [0.25, 0.3) is 0 Å². The highest BCUT2D eigenvalue weighted by molar-refractivity contribution is 5.72. The second-order valence-electron chi connectivity index (χ2n) is 14.5. The zero-order valence-electron chi connectivity index (χ0n) is 33.3. The van der Waals surface area contributed by atoms with Gasteiger partial charge in [0, 0.05) is 19.3 Å². The summed E-state index contributed by atoms with van der Waals surface area (Å²) in [5.74, 6) is -1.52. The van der Waals surface area contributed by atoms with E-state index in [0.717, 1.165) is 57.8 Å². The Morgan fingerprint density at radius 1 is 0.608 bits per heavy atom. The summed E-state index contributed by atoms with van der Waals surface area (Å²) >= 11 is 0. The fourth-order valence-electron chi connectivity index (χ4n) is 5.61. The number of nitrogens with zero attached hydrogens (tertiary/aromatic N) is 1. The van der Waals surface area contributed by atoms with Crippen LogP contribution < -0.4 is 0 Å². The minimum absolute atomic E-state index is 0.0447. The van der Waals surface area contributed by atoms with Gasteiger partial charge < -0.3 is 23.8 Å². The lowest BCUT2D eigenvalue weighted by Gasteiger charge is -2.31. The highest BCUT2D eigenvalue weighted by atomic mass is 16.6. The van der Waals surface area contributed by atoms with Crippen molar-refractivity contribution in [2.45, 2.75) is 167 Å². The maximum Gasteiger partial charge on any atom is 0.362 e. The van der Waals surface area contributed by atoms with Crippen molar-refractivity contribution >= 4 is 17.9 Å². The Hall–Kier alpha value is -2.71. The van der Waals surface area contributed by atoms with E-state index in [1.54, 1.807) is 0 Å². The van der Waals surface area contributed by atoms with Crippen LogP contribution in [0.5, 0.6) is 0 Å². The van der Waals surface area contributed by atoms with Crippen molar-refractivity contribution in [1.82, 2.24) is 0 Å². The van der Waals surface area contributed by atoms with E-state index in [-0.39, 0.29) is 42.7 Å². The second-order valence-corrected chi connectivity index (χ2v) is 14.5. The van der Waals surface area contributed by atoms with Crippen molar-refractivity contribution in [1.29, 1.82) is 0 Å². The lowest BCUT2D eigenvalue weighted by atomic mass is 10.0. The number of unbranched alkanes of at least 4 members (excludes halogenated alkanes) is 13. The van der Waals surface area contributed by atoms with E-state index in [2.05, 4.69) is 62.5 Å². The third-order valence-corrected chi connectivity index (χ3v) is 8.74. The standard InChI is InChI=1S/C43H75NO7/c1-6-8-10-12-14-16-18-20-21-22-24-26-28-30-32-34-42(46)51-39(37-49-36-35-40(43(47)48)44(3,4)5)38-50-41(45)33-31-29-27-25-23-19-17-15-13-11-9-7-2/h8,10,14,16,20-21,24,26,39-40H,6-7,9,11-13,15,17-19,22-23,25,27-38H2,1-5H3/p+1/b10-8-,16-14-,21-20-,26-24-. The molecule has 0 fully saturated rings. The van der Waals surface area contributed by atoms with E-state index in [9.17, 15) is 19.5 Å². The Balaban J connectivity index is 4.48. The van der Waals surface area contributed by atoms with Crippen LogP contribution >= 0.6 is 0 Å². The Morgan fingerprint density at radius 2 is 1.10 bits per heavy atom. The molecule has 0 bridgehead atoms. The molecule has 2 atom stereocenters. The number of allylic oxidation sites excluding steroid dienone is 8. The fraction of sp³-hybridized carbons (Fsp3) is 0.744. The number of esters is 2. The Morgan fingerprint density at radius 3 is 1.63 bits per heavy atom. The summed E-state index contributed by atoms with van der Waals surface area (Å²) < 4.78 is 17.2. The number of aliphatic carboxylic acids is 1. The quantitative estimate of drug-likeness (QED) is 0.0301. The van der Waals surface area contributed by atoms with Crippen molar-refractivity contribution in [2.75, 3.05) is 41.0 Å². The Kier molecular flexibility index (Phi) is 32.6. The Bertz CT molecular complexity index is 979. The SMILES string of the molecule is CC/C=C\C/C=C\C/C=C\C/C=C\CCCCC(=O)OC(COCCC(C(=O)O)[N+](C)(C)C)COC(=O)CCCCCCCCCCCCCC. The van der Waals surface area contributed by atoms with Crippen LogP contribution in [0, 0.1) is 0 Å². The van der Waals surface area contributed by atoms with Crippen molar-refractivity contribution in [2.24, 2.45) is 0 Å². The summed E-state index contributed by atoms with van der Waals surface area (Å²) in [5, 5.41) is 9.59. The predicted molar refractivity (Wildman–Crippen MR) is 211 cm³/mol. The predicted octanol–water partition coefficient (Wildman–Crippen LogP) is 10.5. The summed E-state index contributed by atoms with van der Waals surface area (Å²) in [6, 6.07) is -0.621. The maximum atomic E-state index is 12.7. The number of quaternary nitrogens is 1. The first-order chi connectivity index (χ1) is 24.6. The van der Waals surface area contributed by atoms with E-state index >= 15 is 0 Å². The van der Waals surface area contributed by atoms with Crippen LogP contribution in [-0.2, 0) is 28.6 Å². The molecule has 1 N–H and O–H groups in total. The van der Waals surface area contributed by atoms with Crippen molar-refractivity contribution in [3.63, 3.8) is 0 Å². The molecule has 0 aromatic rings. The number of hydrogen-bond acceptors (Lipinski definition) is 6. The van der Waals surface area contributed by atoms with Crippen LogP contribution in [-0.4, -0.2) is 80.6 Å². The third kappa shape index (κ3) is 32.9. The van der Waals surface area contributed by atoms with Gasteiger partial charge in [0.05, 0.1) is 34.4 Å². The first-order valence-electron chi connectivity index (χ1n) is 20.2. The summed E-state index contributed by atoms with van der Waals surface area (Å²) in [4.78, 5) is 36.8. The van der Waals surface area contributed by atoms with Crippen molar-refractivity contribution in [3.8, 4) is 0 Å². The summed E-state index contributed by atoms with van der Waals surface area (Å²) in [7, 11) is 5.50. The Labute approximate surface area is 312 Å². The molecule has 0 spiro atoms. The van der Waals surface area contributed by atoms with Gasteiger partial charge in [0.1, 0.15) is 6.61 Å². The number of carboxylic acid groups (broad SMARTS) is 1. The molecule has 8 nitrogen and oxygen atoms in total. The fourth-order valence-corrected chi connectivity index (χ4v) is 5.61. The number of carbonyl (C=O) groups is 3. The van der Waals surface area contributed by atoms with Gasteiger partial charge in [-0.2, -0.15) is 0 Å². The minimum atomic E-state index is -0.883. The molecule has 0 amide bonds. The van der Waals surface area contributed by atoms with Gasteiger partial charge in [-0.3, -0.25) is 9.59 Å². The van der Waals surface area contributed by atoms with Crippen molar-refractivity contribution in [3.05, 3.63) is 48.6 Å². The molecule has 0 heterocycles. The van der Waals surface area contributed by atoms with Gasteiger partial charge in [-0.25, -0.2) is 4.79 Å². The largest absolute Gasteiger partial charge is 0.477 e. The third-order valence-electron chi connectivity index (χ3n) is 8.74. The molecular weight excluding hydrogens is 642 g/mol. The van der Waals surface area contributed by atoms with E-state index in [4.69, 9.17) is 14.2 Å². The number of ether oxygens (including phenoxy) is 3. The zero-order valence-corrected chi connectivity index (χ0v) is 33.3. The molecule has 0 saturated heterocycles. The molecule has 0 aliphatic rings. The highest BCUT2D eigenvalue weighted by Gasteiger charge is 2.31. The zero-order chi connectivity index (χ0) is 37.8. The second kappa shape index (κ2) is 34.4. The summed E-state index contributed by atoms with van der Waals surface area (Å²) in [6.07, 6.45) is 38.7. The van der Waals surface area contributed by atoms with Crippen LogP contribution in [0.3, 0.4) is 0 Å². The van der Waals surface area contributed by atoms with Gasteiger partial charge in [-0.05, 0) is 51.4 Å². The van der Waals surface area contributed by atoms with Gasteiger partial charge in [-0.15, -0.1) is 0 Å². The number of carboxylic acids is 1. The lowest BCUT2D eigenvalue weighted by molar-refractivity contribution is -0.887. The van der Waals surface area contributed by atoms with E-state index in [1.165, 1.54) is 57.8 Å². The van der Waals surface area contributed by atoms with Crippen LogP contribution in [0.2, 0.25) is 0 Å². The average molecular weight is 719 g/mol. The van der Waals surface area contributed by atoms with Crippen LogP contribution in [0.1, 0.15) is 155 Å². The van der Waals surface area contributed by atoms with E-state index < -0.39 is 18.1 Å². The number of carbonyl (C=O) groups excluding carboxylic acids is 2. The minimum Gasteiger partial charge on any atom is -0.477 e. The van der Waals surface area contributed by atoms with Crippen LogP contribution in [0.4, 0.5) is 0 Å². The van der Waals surface area contributed by atoms with Gasteiger partial charge in [0.15, 0.2) is 12.1 Å².